The van der Waals surface area contributed by atoms with Crippen LogP contribution in [-0.4, -0.2) is 10.9 Å². The minimum absolute atomic E-state index is 0.0267. The van der Waals surface area contributed by atoms with Crippen LogP contribution in [0.4, 0.5) is 0 Å². The van der Waals surface area contributed by atoms with E-state index >= 15 is 0 Å². The molecular weight excluding hydrogens is 248 g/mol. The van der Waals surface area contributed by atoms with Gasteiger partial charge < -0.3 is 5.11 Å². The van der Waals surface area contributed by atoms with Gasteiger partial charge in [0.2, 0.25) is 0 Å². The quantitative estimate of drug-likeness (QED) is 0.827. The molecule has 0 bridgehead atoms. The number of ketones is 1. The molecule has 2 heteroatoms. The SMILES string of the molecule is Cc1cc(C)c(C2=C(O)[C@@H]3CCCC[C@@H]3C2=O)c(C)c1. The first-order valence-corrected chi connectivity index (χ1v) is 7.56. The number of aryl methyl sites for hydroxylation is 3. The van der Waals surface area contributed by atoms with Crippen LogP contribution in [0.1, 0.15) is 47.9 Å². The summed E-state index contributed by atoms with van der Waals surface area (Å²) in [5.74, 6) is 0.627. The third kappa shape index (κ3) is 1.90. The average Bonchev–Trinajstić information content (AvgIpc) is 2.64. The summed E-state index contributed by atoms with van der Waals surface area (Å²) in [6.45, 7) is 6.13. The zero-order chi connectivity index (χ0) is 14.4. The van der Waals surface area contributed by atoms with Crippen molar-refractivity contribution in [2.24, 2.45) is 11.8 Å². The average molecular weight is 270 g/mol. The van der Waals surface area contributed by atoms with Gasteiger partial charge in [-0.15, -0.1) is 0 Å². The molecule has 1 saturated carbocycles. The molecule has 2 aliphatic carbocycles. The van der Waals surface area contributed by atoms with Gasteiger partial charge in [-0.25, -0.2) is 0 Å². The normalized spacial score (nSPS) is 26.1. The van der Waals surface area contributed by atoms with E-state index in [1.54, 1.807) is 0 Å². The van der Waals surface area contributed by atoms with Crippen molar-refractivity contribution in [3.8, 4) is 0 Å². The molecule has 0 amide bonds. The number of Topliss-reactive ketones (excluding diaryl/α,β-unsaturated/α-hetero) is 1. The van der Waals surface area contributed by atoms with Crippen LogP contribution in [0, 0.1) is 32.6 Å². The highest BCUT2D eigenvalue weighted by molar-refractivity contribution is 6.25. The van der Waals surface area contributed by atoms with Gasteiger partial charge in [0.15, 0.2) is 5.78 Å². The molecule has 1 N–H and O–H groups in total. The number of carbonyl (C=O) groups is 1. The van der Waals surface area contributed by atoms with Gasteiger partial charge in [0.25, 0.3) is 0 Å². The summed E-state index contributed by atoms with van der Waals surface area (Å²) < 4.78 is 0. The number of rotatable bonds is 1. The standard InChI is InChI=1S/C18H22O2/c1-10-8-11(2)15(12(3)9-10)16-17(19)13-6-4-5-7-14(13)18(16)20/h8-9,13-14,19H,4-7H2,1-3H3/t13-,14+/m1/s1. The van der Waals surface area contributed by atoms with Crippen molar-refractivity contribution in [1.82, 2.24) is 0 Å². The van der Waals surface area contributed by atoms with E-state index in [2.05, 4.69) is 19.1 Å². The van der Waals surface area contributed by atoms with Crippen LogP contribution in [0.2, 0.25) is 0 Å². The van der Waals surface area contributed by atoms with E-state index in [9.17, 15) is 9.90 Å². The fourth-order valence-corrected chi connectivity index (χ4v) is 4.09. The van der Waals surface area contributed by atoms with Crippen LogP contribution >= 0.6 is 0 Å². The lowest BCUT2D eigenvalue weighted by Crippen LogP contribution is -2.21. The van der Waals surface area contributed by atoms with E-state index in [4.69, 9.17) is 0 Å². The maximum atomic E-state index is 12.7. The highest BCUT2D eigenvalue weighted by Crippen LogP contribution is 2.46. The van der Waals surface area contributed by atoms with E-state index in [0.29, 0.717) is 11.3 Å². The van der Waals surface area contributed by atoms with E-state index < -0.39 is 0 Å². The molecule has 0 unspecified atom stereocenters. The van der Waals surface area contributed by atoms with Crippen LogP contribution in [0.25, 0.3) is 5.57 Å². The number of aliphatic hydroxyl groups excluding tert-OH is 1. The molecule has 20 heavy (non-hydrogen) atoms. The molecule has 0 radical (unpaired) electrons. The summed E-state index contributed by atoms with van der Waals surface area (Å²) in [5.41, 5.74) is 4.96. The van der Waals surface area contributed by atoms with E-state index in [1.165, 1.54) is 5.56 Å². The van der Waals surface area contributed by atoms with Crippen molar-refractivity contribution in [3.63, 3.8) is 0 Å². The zero-order valence-corrected chi connectivity index (χ0v) is 12.5. The Morgan fingerprint density at radius 1 is 1.00 bits per heavy atom. The van der Waals surface area contributed by atoms with E-state index in [1.807, 2.05) is 13.8 Å². The van der Waals surface area contributed by atoms with Crippen molar-refractivity contribution in [2.75, 3.05) is 0 Å². The summed E-state index contributed by atoms with van der Waals surface area (Å²) in [7, 11) is 0. The van der Waals surface area contributed by atoms with Crippen molar-refractivity contribution in [3.05, 3.63) is 40.1 Å². The van der Waals surface area contributed by atoms with Crippen molar-refractivity contribution < 1.29 is 9.90 Å². The van der Waals surface area contributed by atoms with Gasteiger partial charge in [-0.1, -0.05) is 30.5 Å². The second kappa shape index (κ2) is 4.76. The highest BCUT2D eigenvalue weighted by Gasteiger charge is 2.44. The number of aliphatic hydroxyl groups is 1. The molecule has 0 aliphatic heterocycles. The Morgan fingerprint density at radius 2 is 1.55 bits per heavy atom. The second-order valence-electron chi connectivity index (χ2n) is 6.40. The number of benzene rings is 1. The monoisotopic (exact) mass is 270 g/mol. The number of allylic oxidation sites excluding steroid dienone is 2. The maximum Gasteiger partial charge on any atom is 0.170 e. The third-order valence-corrected chi connectivity index (χ3v) is 4.88. The molecule has 1 aromatic rings. The Labute approximate surface area is 120 Å². The largest absolute Gasteiger partial charge is 0.511 e. The van der Waals surface area contributed by atoms with Crippen molar-refractivity contribution >= 4 is 11.4 Å². The lowest BCUT2D eigenvalue weighted by molar-refractivity contribution is -0.118. The number of hydrogen-bond donors (Lipinski definition) is 1. The predicted octanol–water partition coefficient (Wildman–Crippen LogP) is 4.27. The summed E-state index contributed by atoms with van der Waals surface area (Å²) in [4.78, 5) is 12.7. The highest BCUT2D eigenvalue weighted by atomic mass is 16.3. The van der Waals surface area contributed by atoms with Crippen LogP contribution < -0.4 is 0 Å². The van der Waals surface area contributed by atoms with Gasteiger partial charge >= 0.3 is 0 Å². The van der Waals surface area contributed by atoms with Gasteiger partial charge in [0.1, 0.15) is 5.76 Å². The second-order valence-corrected chi connectivity index (χ2v) is 6.40. The number of fused-ring (bicyclic) bond motifs is 1. The van der Waals surface area contributed by atoms with Gasteiger partial charge in [-0.3, -0.25) is 4.79 Å². The Kier molecular flexibility index (Phi) is 3.19. The van der Waals surface area contributed by atoms with Gasteiger partial charge in [-0.2, -0.15) is 0 Å². The summed E-state index contributed by atoms with van der Waals surface area (Å²) in [5, 5.41) is 10.6. The maximum absolute atomic E-state index is 12.7. The number of carbonyl (C=O) groups excluding carboxylic acids is 1. The van der Waals surface area contributed by atoms with Crippen LogP contribution in [0.15, 0.2) is 17.9 Å². The van der Waals surface area contributed by atoms with Crippen molar-refractivity contribution in [2.45, 2.75) is 46.5 Å². The summed E-state index contributed by atoms with van der Waals surface area (Å²) in [6.07, 6.45) is 4.12. The van der Waals surface area contributed by atoms with Crippen molar-refractivity contribution in [1.29, 1.82) is 0 Å². The molecule has 0 saturated heterocycles. The molecule has 2 nitrogen and oxygen atoms in total. The number of hydrogen-bond acceptors (Lipinski definition) is 2. The van der Waals surface area contributed by atoms with Crippen LogP contribution in [0.3, 0.4) is 0 Å². The molecule has 0 spiro atoms. The molecule has 0 aromatic heterocycles. The molecule has 1 aromatic carbocycles. The lowest BCUT2D eigenvalue weighted by Gasteiger charge is -2.23. The van der Waals surface area contributed by atoms with Crippen LogP contribution in [0.5, 0.6) is 0 Å². The van der Waals surface area contributed by atoms with E-state index in [0.717, 1.165) is 42.4 Å². The smallest absolute Gasteiger partial charge is 0.170 e. The molecule has 106 valence electrons. The molecule has 2 aliphatic rings. The summed E-state index contributed by atoms with van der Waals surface area (Å²) in [6, 6.07) is 4.19. The molecular formula is C18H22O2. The molecule has 1 fully saturated rings. The first-order chi connectivity index (χ1) is 9.50. The minimum Gasteiger partial charge on any atom is -0.511 e. The Balaban J connectivity index is 2.14. The van der Waals surface area contributed by atoms with Gasteiger partial charge in [-0.05, 0) is 50.3 Å². The Bertz CT molecular complexity index is 587. The fourth-order valence-electron chi connectivity index (χ4n) is 4.09. The first-order valence-electron chi connectivity index (χ1n) is 7.56. The molecule has 2 atom stereocenters. The Morgan fingerprint density at radius 3 is 2.10 bits per heavy atom. The van der Waals surface area contributed by atoms with E-state index in [-0.39, 0.29) is 17.6 Å². The Hall–Kier alpha value is -1.57. The summed E-state index contributed by atoms with van der Waals surface area (Å²) >= 11 is 0. The third-order valence-electron chi connectivity index (χ3n) is 4.88. The molecule has 3 rings (SSSR count). The minimum atomic E-state index is 0.0267. The fraction of sp³-hybridized carbons (Fsp3) is 0.500. The lowest BCUT2D eigenvalue weighted by atomic mass is 9.80. The predicted molar refractivity (Wildman–Crippen MR) is 80.7 cm³/mol. The first kappa shape index (κ1) is 13.4. The van der Waals surface area contributed by atoms with Gasteiger partial charge in [0, 0.05) is 11.8 Å². The van der Waals surface area contributed by atoms with Crippen LogP contribution in [-0.2, 0) is 4.79 Å². The molecule has 0 heterocycles. The topological polar surface area (TPSA) is 37.3 Å². The van der Waals surface area contributed by atoms with Gasteiger partial charge in [0.05, 0.1) is 5.57 Å². The zero-order valence-electron chi connectivity index (χ0n) is 12.5.